The minimum atomic E-state index is -1.03. The Balaban J connectivity index is 0.000000891. The van der Waals surface area contributed by atoms with Crippen LogP contribution in [0.5, 0.6) is 0 Å². The fourth-order valence-electron chi connectivity index (χ4n) is 3.23. The van der Waals surface area contributed by atoms with E-state index < -0.39 is 17.5 Å². The van der Waals surface area contributed by atoms with Crippen molar-refractivity contribution in [1.82, 2.24) is 9.88 Å². The zero-order valence-electron chi connectivity index (χ0n) is 14.4. The van der Waals surface area contributed by atoms with Gasteiger partial charge >= 0.3 is 5.97 Å². The van der Waals surface area contributed by atoms with Gasteiger partial charge in [-0.1, -0.05) is 13.3 Å². The number of aliphatic hydroxyl groups excluding tert-OH is 1. The van der Waals surface area contributed by atoms with Gasteiger partial charge < -0.3 is 15.3 Å². The Hall–Kier alpha value is -1.51. The predicted molar refractivity (Wildman–Crippen MR) is 91.2 cm³/mol. The Kier molecular flexibility index (Phi) is 7.78. The third-order valence-corrected chi connectivity index (χ3v) is 5.41. The average Bonchev–Trinajstić information content (AvgIpc) is 2.81. The number of piperidine rings is 1. The first-order valence-corrected chi connectivity index (χ1v) is 8.77. The third kappa shape index (κ3) is 4.75. The van der Waals surface area contributed by atoms with Crippen LogP contribution in [0.3, 0.4) is 0 Å². The summed E-state index contributed by atoms with van der Waals surface area (Å²) in [4.78, 5) is 27.9. The Labute approximate surface area is 146 Å². The molecule has 0 aliphatic carbocycles. The molecule has 1 fully saturated rings. The second-order valence-electron chi connectivity index (χ2n) is 6.07. The molecule has 2 atom stereocenters. The van der Waals surface area contributed by atoms with E-state index >= 15 is 0 Å². The number of carbonyl (C=O) groups is 2. The molecule has 0 spiro atoms. The zero-order valence-corrected chi connectivity index (χ0v) is 15.2. The number of likely N-dealkylation sites (tertiary alicyclic amines) is 1. The molecule has 1 saturated heterocycles. The van der Waals surface area contributed by atoms with Gasteiger partial charge in [-0.25, -0.2) is 4.98 Å². The van der Waals surface area contributed by atoms with E-state index in [-0.39, 0.29) is 6.47 Å². The van der Waals surface area contributed by atoms with E-state index in [1.54, 1.807) is 11.3 Å². The number of hydrogen-bond acceptors (Lipinski definition) is 6. The molecule has 3 N–H and O–H groups in total. The van der Waals surface area contributed by atoms with E-state index in [0.29, 0.717) is 19.4 Å². The number of thiazole rings is 1. The molecule has 0 bridgehead atoms. The molecule has 1 aromatic rings. The van der Waals surface area contributed by atoms with Gasteiger partial charge in [0, 0.05) is 24.5 Å². The topological polar surface area (TPSA) is 111 Å². The summed E-state index contributed by atoms with van der Waals surface area (Å²) in [6.07, 6.45) is 1.04. The van der Waals surface area contributed by atoms with Crippen LogP contribution in [0.4, 0.5) is 0 Å². The van der Waals surface area contributed by atoms with E-state index in [1.807, 2.05) is 20.8 Å². The van der Waals surface area contributed by atoms with Gasteiger partial charge in [0.1, 0.15) is 5.41 Å². The molecule has 0 aromatic carbocycles. The SMILES string of the molecule is CCC[C@@]1(C(=O)O)CN(Cc2sc(C)nc2C)CC[C@H]1O.O=CO. The standard InChI is InChI=1S/C15H24N2O3S.CH2O2/c1-4-6-15(14(19)20)9-17(7-5-13(15)18)8-12-10(2)16-11(3)21-12;2-1-3/h13,18H,4-9H2,1-3H3,(H,19,20);1H,(H,2,3)/t13-,15-;/m1./s1. The van der Waals surface area contributed by atoms with Crippen molar-refractivity contribution in [2.75, 3.05) is 13.1 Å². The van der Waals surface area contributed by atoms with Crippen LogP contribution in [0.1, 0.15) is 41.8 Å². The fourth-order valence-corrected chi connectivity index (χ4v) is 4.21. The number of hydrogen-bond donors (Lipinski definition) is 3. The molecule has 0 unspecified atom stereocenters. The Morgan fingerprint density at radius 3 is 2.58 bits per heavy atom. The van der Waals surface area contributed by atoms with Gasteiger partial charge in [-0.15, -0.1) is 11.3 Å². The molecule has 24 heavy (non-hydrogen) atoms. The zero-order chi connectivity index (χ0) is 18.3. The maximum absolute atomic E-state index is 11.7. The summed E-state index contributed by atoms with van der Waals surface area (Å²) >= 11 is 1.67. The molecule has 0 saturated carbocycles. The van der Waals surface area contributed by atoms with Crippen molar-refractivity contribution in [2.45, 2.75) is 52.7 Å². The second kappa shape index (κ2) is 9.10. The van der Waals surface area contributed by atoms with Crippen LogP contribution in [-0.4, -0.2) is 56.8 Å². The monoisotopic (exact) mass is 358 g/mol. The van der Waals surface area contributed by atoms with Crippen LogP contribution in [0, 0.1) is 19.3 Å². The lowest BCUT2D eigenvalue weighted by Crippen LogP contribution is -2.55. The number of aliphatic carboxylic acids is 1. The molecule has 0 amide bonds. The van der Waals surface area contributed by atoms with Gasteiger partial charge in [-0.2, -0.15) is 0 Å². The van der Waals surface area contributed by atoms with E-state index in [9.17, 15) is 15.0 Å². The smallest absolute Gasteiger partial charge is 0.313 e. The molecule has 1 aliphatic rings. The van der Waals surface area contributed by atoms with Crippen molar-refractivity contribution in [1.29, 1.82) is 0 Å². The Morgan fingerprint density at radius 2 is 2.12 bits per heavy atom. The molecule has 2 rings (SSSR count). The number of carboxylic acid groups (broad SMARTS) is 2. The first-order chi connectivity index (χ1) is 11.3. The highest BCUT2D eigenvalue weighted by molar-refractivity contribution is 7.11. The van der Waals surface area contributed by atoms with Crippen LogP contribution in [-0.2, 0) is 16.1 Å². The van der Waals surface area contributed by atoms with E-state index in [2.05, 4.69) is 9.88 Å². The summed E-state index contributed by atoms with van der Waals surface area (Å²) in [5.41, 5.74) is 0.000668. The number of aromatic nitrogens is 1. The second-order valence-corrected chi connectivity index (χ2v) is 7.36. The van der Waals surface area contributed by atoms with Crippen LogP contribution in [0.15, 0.2) is 0 Å². The van der Waals surface area contributed by atoms with Crippen molar-refractivity contribution in [3.63, 3.8) is 0 Å². The lowest BCUT2D eigenvalue weighted by molar-refractivity contribution is -0.164. The van der Waals surface area contributed by atoms with Gasteiger partial charge in [-0.3, -0.25) is 14.5 Å². The molecule has 2 heterocycles. The van der Waals surface area contributed by atoms with Crippen molar-refractivity contribution in [3.8, 4) is 0 Å². The summed E-state index contributed by atoms with van der Waals surface area (Å²) in [6, 6.07) is 0. The normalized spacial score (nSPS) is 24.1. The van der Waals surface area contributed by atoms with Crippen LogP contribution in [0.2, 0.25) is 0 Å². The minimum absolute atomic E-state index is 0.250. The van der Waals surface area contributed by atoms with Crippen LogP contribution in [0.25, 0.3) is 0 Å². The lowest BCUT2D eigenvalue weighted by Gasteiger charge is -2.43. The summed E-state index contributed by atoms with van der Waals surface area (Å²) in [5, 5.41) is 27.8. The van der Waals surface area contributed by atoms with Gasteiger partial charge in [0.2, 0.25) is 0 Å². The van der Waals surface area contributed by atoms with Crippen molar-refractivity contribution >= 4 is 23.8 Å². The van der Waals surface area contributed by atoms with Crippen LogP contribution >= 0.6 is 11.3 Å². The van der Waals surface area contributed by atoms with Crippen molar-refractivity contribution in [2.24, 2.45) is 5.41 Å². The molecule has 8 heteroatoms. The molecule has 1 aliphatic heterocycles. The van der Waals surface area contributed by atoms with E-state index in [4.69, 9.17) is 9.90 Å². The lowest BCUT2D eigenvalue weighted by atomic mass is 9.74. The largest absolute Gasteiger partial charge is 0.483 e. The summed E-state index contributed by atoms with van der Waals surface area (Å²) in [7, 11) is 0. The predicted octanol–water partition coefficient (Wildman–Crippen LogP) is 1.90. The van der Waals surface area contributed by atoms with Gasteiger partial charge in [0.05, 0.1) is 16.8 Å². The van der Waals surface area contributed by atoms with Crippen molar-refractivity contribution in [3.05, 3.63) is 15.6 Å². The maximum Gasteiger partial charge on any atom is 0.313 e. The maximum atomic E-state index is 11.7. The van der Waals surface area contributed by atoms with E-state index in [0.717, 1.165) is 30.2 Å². The molecule has 136 valence electrons. The molecule has 7 nitrogen and oxygen atoms in total. The molecular formula is C16H26N2O5S. The number of aryl methyl sites for hydroxylation is 2. The van der Waals surface area contributed by atoms with E-state index in [1.165, 1.54) is 4.88 Å². The highest BCUT2D eigenvalue weighted by atomic mass is 32.1. The third-order valence-electron chi connectivity index (χ3n) is 4.35. The quantitative estimate of drug-likeness (QED) is 0.689. The number of aliphatic hydroxyl groups is 1. The average molecular weight is 358 g/mol. The van der Waals surface area contributed by atoms with Gasteiger partial charge in [0.15, 0.2) is 0 Å². The highest BCUT2D eigenvalue weighted by Gasteiger charge is 2.48. The van der Waals surface area contributed by atoms with Crippen molar-refractivity contribution < 1.29 is 24.9 Å². The minimum Gasteiger partial charge on any atom is -0.483 e. The Bertz CT molecular complexity index is 563. The first-order valence-electron chi connectivity index (χ1n) is 7.95. The fraction of sp³-hybridized carbons (Fsp3) is 0.688. The number of carboxylic acids is 1. The van der Waals surface area contributed by atoms with Gasteiger partial charge in [-0.05, 0) is 26.7 Å². The molecule has 0 radical (unpaired) electrons. The molecule has 1 aromatic heterocycles. The molecular weight excluding hydrogens is 332 g/mol. The highest BCUT2D eigenvalue weighted by Crippen LogP contribution is 2.36. The summed E-state index contributed by atoms with van der Waals surface area (Å²) < 4.78 is 0. The summed E-state index contributed by atoms with van der Waals surface area (Å²) in [5.74, 6) is -0.876. The van der Waals surface area contributed by atoms with Gasteiger partial charge in [0.25, 0.3) is 6.47 Å². The summed E-state index contributed by atoms with van der Waals surface area (Å²) in [6.45, 7) is 7.56. The first kappa shape index (κ1) is 20.5. The van der Waals surface area contributed by atoms with Crippen LogP contribution < -0.4 is 0 Å². The number of rotatable bonds is 5. The Morgan fingerprint density at radius 1 is 1.50 bits per heavy atom. The number of nitrogens with zero attached hydrogens (tertiary/aromatic N) is 2.